The summed E-state index contributed by atoms with van der Waals surface area (Å²) in [7, 11) is 1.62. The number of aldehydes is 1. The van der Waals surface area contributed by atoms with Gasteiger partial charge < -0.3 is 4.74 Å². The van der Waals surface area contributed by atoms with Crippen LogP contribution in [-0.4, -0.2) is 13.4 Å². The number of benzene rings is 2. The van der Waals surface area contributed by atoms with Crippen molar-refractivity contribution >= 4 is 17.9 Å². The van der Waals surface area contributed by atoms with Crippen molar-refractivity contribution in [3.63, 3.8) is 0 Å². The molecule has 2 rings (SSSR count). The molecule has 0 fully saturated rings. The smallest absolute Gasteiger partial charge is 0.150 e. The fraction of sp³-hybridized carbons (Fsp3) is 0.0625. The van der Waals surface area contributed by atoms with Gasteiger partial charge >= 0.3 is 0 Å². The van der Waals surface area contributed by atoms with E-state index in [4.69, 9.17) is 4.74 Å². The molecule has 2 aromatic rings. The Morgan fingerprint density at radius 2 is 1.67 bits per heavy atom. The average molecular weight is 238 g/mol. The summed E-state index contributed by atoms with van der Waals surface area (Å²) < 4.78 is 5.27. The Hall–Kier alpha value is -2.35. The molecule has 0 aliphatic heterocycles. The normalized spacial score (nSPS) is 11.1. The van der Waals surface area contributed by atoms with Crippen molar-refractivity contribution in [3.05, 3.63) is 65.7 Å². The maximum absolute atomic E-state index is 11.2. The van der Waals surface area contributed by atoms with Crippen LogP contribution in [0.25, 0.3) is 11.6 Å². The Labute approximate surface area is 107 Å². The van der Waals surface area contributed by atoms with E-state index >= 15 is 0 Å². The van der Waals surface area contributed by atoms with Crippen molar-refractivity contribution in [3.8, 4) is 5.75 Å². The minimum Gasteiger partial charge on any atom is -0.496 e. The van der Waals surface area contributed by atoms with Gasteiger partial charge in [0.25, 0.3) is 0 Å². The van der Waals surface area contributed by atoms with Gasteiger partial charge in [-0.05, 0) is 17.7 Å². The second kappa shape index (κ2) is 5.82. The van der Waals surface area contributed by atoms with Crippen LogP contribution < -0.4 is 4.74 Å². The number of hydrogen-bond donors (Lipinski definition) is 0. The Bertz CT molecular complexity index is 556. The molecule has 2 nitrogen and oxygen atoms in total. The van der Waals surface area contributed by atoms with Crippen LogP contribution in [-0.2, 0) is 4.79 Å². The Morgan fingerprint density at radius 1 is 1.00 bits per heavy atom. The summed E-state index contributed by atoms with van der Waals surface area (Å²) in [5.41, 5.74) is 2.43. The first-order valence-electron chi connectivity index (χ1n) is 5.70. The number of para-hydroxylation sites is 1. The van der Waals surface area contributed by atoms with E-state index in [1.807, 2.05) is 60.7 Å². The topological polar surface area (TPSA) is 26.3 Å². The van der Waals surface area contributed by atoms with E-state index in [9.17, 15) is 4.79 Å². The highest BCUT2D eigenvalue weighted by Crippen LogP contribution is 2.23. The lowest BCUT2D eigenvalue weighted by Crippen LogP contribution is -1.89. The first-order chi connectivity index (χ1) is 8.85. The number of methoxy groups -OCH3 is 1. The summed E-state index contributed by atoms with van der Waals surface area (Å²) in [6.07, 6.45) is 2.70. The van der Waals surface area contributed by atoms with Crippen molar-refractivity contribution in [2.24, 2.45) is 0 Å². The number of carbonyl (C=O) groups is 1. The van der Waals surface area contributed by atoms with Gasteiger partial charge in [-0.15, -0.1) is 0 Å². The zero-order valence-corrected chi connectivity index (χ0v) is 10.2. The van der Waals surface area contributed by atoms with Crippen molar-refractivity contribution in [1.29, 1.82) is 0 Å². The molecule has 0 spiro atoms. The van der Waals surface area contributed by atoms with E-state index in [1.165, 1.54) is 0 Å². The van der Waals surface area contributed by atoms with Gasteiger partial charge in [0, 0.05) is 11.1 Å². The highest BCUT2D eigenvalue weighted by molar-refractivity contribution is 6.13. The number of carbonyl (C=O) groups excluding carboxylic acids is 1. The number of rotatable bonds is 4. The first kappa shape index (κ1) is 12.1. The molecule has 90 valence electrons. The Morgan fingerprint density at radius 3 is 2.33 bits per heavy atom. The highest BCUT2D eigenvalue weighted by Gasteiger charge is 2.03. The van der Waals surface area contributed by atoms with Crippen LogP contribution in [0, 0.1) is 0 Å². The van der Waals surface area contributed by atoms with Crippen molar-refractivity contribution < 1.29 is 9.53 Å². The van der Waals surface area contributed by atoms with E-state index in [0.29, 0.717) is 5.57 Å². The quantitative estimate of drug-likeness (QED) is 0.463. The predicted molar refractivity (Wildman–Crippen MR) is 73.4 cm³/mol. The Balaban J connectivity index is 2.44. The lowest BCUT2D eigenvalue weighted by Gasteiger charge is -2.05. The summed E-state index contributed by atoms with van der Waals surface area (Å²) in [5, 5.41) is 0. The average Bonchev–Trinajstić information content (AvgIpc) is 2.46. The fourth-order valence-electron chi connectivity index (χ4n) is 1.77. The van der Waals surface area contributed by atoms with E-state index in [1.54, 1.807) is 7.11 Å². The second-order valence-electron chi connectivity index (χ2n) is 3.83. The lowest BCUT2D eigenvalue weighted by atomic mass is 10.0. The third-order valence-electron chi connectivity index (χ3n) is 2.68. The fourth-order valence-corrected chi connectivity index (χ4v) is 1.77. The number of ether oxygens (including phenoxy) is 1. The summed E-state index contributed by atoms with van der Waals surface area (Å²) in [4.78, 5) is 11.2. The van der Waals surface area contributed by atoms with E-state index < -0.39 is 0 Å². The maximum atomic E-state index is 11.2. The van der Waals surface area contributed by atoms with Crippen LogP contribution in [0.15, 0.2) is 54.6 Å². The van der Waals surface area contributed by atoms with Gasteiger partial charge in [0.05, 0.1) is 7.11 Å². The highest BCUT2D eigenvalue weighted by atomic mass is 16.5. The Kier molecular flexibility index (Phi) is 3.92. The van der Waals surface area contributed by atoms with Crippen LogP contribution in [0.3, 0.4) is 0 Å². The molecule has 0 bridgehead atoms. The SMILES string of the molecule is COc1ccccc1/C=C(/C=O)c1ccccc1. The van der Waals surface area contributed by atoms with Crippen molar-refractivity contribution in [2.45, 2.75) is 0 Å². The third-order valence-corrected chi connectivity index (χ3v) is 2.68. The van der Waals surface area contributed by atoms with E-state index in [0.717, 1.165) is 23.2 Å². The second-order valence-corrected chi connectivity index (χ2v) is 3.83. The lowest BCUT2D eigenvalue weighted by molar-refractivity contribution is -0.103. The molecule has 18 heavy (non-hydrogen) atoms. The van der Waals surface area contributed by atoms with Crippen molar-refractivity contribution in [2.75, 3.05) is 7.11 Å². The summed E-state index contributed by atoms with van der Waals surface area (Å²) in [5.74, 6) is 0.757. The molecule has 0 N–H and O–H groups in total. The predicted octanol–water partition coefficient (Wildman–Crippen LogP) is 3.43. The summed E-state index contributed by atoms with van der Waals surface area (Å²) in [6, 6.07) is 17.2. The van der Waals surface area contributed by atoms with Gasteiger partial charge in [0.15, 0.2) is 6.29 Å². The molecule has 0 saturated heterocycles. The van der Waals surface area contributed by atoms with Gasteiger partial charge in [0.2, 0.25) is 0 Å². The first-order valence-corrected chi connectivity index (χ1v) is 5.70. The summed E-state index contributed by atoms with van der Waals surface area (Å²) >= 11 is 0. The van der Waals surface area contributed by atoms with Crippen LogP contribution in [0.5, 0.6) is 5.75 Å². The van der Waals surface area contributed by atoms with E-state index in [-0.39, 0.29) is 0 Å². The monoisotopic (exact) mass is 238 g/mol. The van der Waals surface area contributed by atoms with Gasteiger partial charge in [-0.2, -0.15) is 0 Å². The number of allylic oxidation sites excluding steroid dienone is 1. The molecule has 0 aliphatic carbocycles. The minimum atomic E-state index is 0.639. The molecule has 2 aromatic carbocycles. The summed E-state index contributed by atoms with van der Waals surface area (Å²) in [6.45, 7) is 0. The molecule has 0 aliphatic rings. The molecule has 0 unspecified atom stereocenters. The molecule has 0 aromatic heterocycles. The van der Waals surface area contributed by atoms with Gasteiger partial charge in [-0.25, -0.2) is 0 Å². The van der Waals surface area contributed by atoms with Crippen LogP contribution in [0.1, 0.15) is 11.1 Å². The molecular weight excluding hydrogens is 224 g/mol. The molecule has 2 heteroatoms. The standard InChI is InChI=1S/C16H14O2/c1-18-16-10-6-5-9-14(16)11-15(12-17)13-7-3-2-4-8-13/h2-12H,1H3/b15-11-. The maximum Gasteiger partial charge on any atom is 0.150 e. The zero-order valence-electron chi connectivity index (χ0n) is 10.2. The molecule has 0 atom stereocenters. The van der Waals surface area contributed by atoms with Crippen LogP contribution in [0.4, 0.5) is 0 Å². The van der Waals surface area contributed by atoms with Gasteiger partial charge in [-0.3, -0.25) is 4.79 Å². The largest absolute Gasteiger partial charge is 0.496 e. The zero-order chi connectivity index (χ0) is 12.8. The number of hydrogen-bond acceptors (Lipinski definition) is 2. The molecule has 0 radical (unpaired) electrons. The van der Waals surface area contributed by atoms with Crippen LogP contribution in [0.2, 0.25) is 0 Å². The third kappa shape index (κ3) is 2.66. The minimum absolute atomic E-state index is 0.639. The van der Waals surface area contributed by atoms with Crippen LogP contribution >= 0.6 is 0 Å². The van der Waals surface area contributed by atoms with Gasteiger partial charge in [0.1, 0.15) is 5.75 Å². The molecule has 0 heterocycles. The van der Waals surface area contributed by atoms with Crippen molar-refractivity contribution in [1.82, 2.24) is 0 Å². The molecule has 0 saturated carbocycles. The van der Waals surface area contributed by atoms with Gasteiger partial charge in [-0.1, -0.05) is 48.5 Å². The van der Waals surface area contributed by atoms with E-state index in [2.05, 4.69) is 0 Å². The molecule has 0 amide bonds. The molecular formula is C16H14O2.